The van der Waals surface area contributed by atoms with Gasteiger partial charge in [0.2, 0.25) is 5.82 Å². The summed E-state index contributed by atoms with van der Waals surface area (Å²) in [5, 5.41) is -2.49. The summed E-state index contributed by atoms with van der Waals surface area (Å²) in [5.74, 6) is -14.1. The average molecular weight is 350 g/mol. The molecule has 0 spiro atoms. The molecule has 0 radical (unpaired) electrons. The second-order valence-electron chi connectivity index (χ2n) is 3.51. The van der Waals surface area contributed by atoms with E-state index in [-0.39, 0.29) is 0 Å². The minimum atomic E-state index is -6.43. The fourth-order valence-corrected chi connectivity index (χ4v) is 2.79. The number of halogens is 11. The number of benzene rings is 1. The second-order valence-corrected chi connectivity index (χ2v) is 5.61. The Labute approximate surface area is 110 Å². The number of alkyl halides is 6. The van der Waals surface area contributed by atoms with E-state index in [1.54, 1.807) is 0 Å². The molecule has 0 amide bonds. The molecule has 1 rings (SSSR count). The van der Waals surface area contributed by atoms with E-state index in [0.29, 0.717) is 0 Å². The van der Waals surface area contributed by atoms with E-state index in [2.05, 4.69) is 0 Å². The van der Waals surface area contributed by atoms with E-state index >= 15 is 0 Å². The smallest absolute Gasteiger partial charge is 0.246 e. The first kappa shape index (κ1) is 17.9. The van der Waals surface area contributed by atoms with E-state index in [9.17, 15) is 48.3 Å². The molecular weight excluding hydrogens is 348 g/mol. The number of hydrogen-bond acceptors (Lipinski definition) is 0. The zero-order chi connectivity index (χ0) is 16.7. The molecule has 0 saturated heterocycles. The van der Waals surface area contributed by atoms with Crippen molar-refractivity contribution in [2.45, 2.75) is 11.8 Å². The lowest BCUT2D eigenvalue weighted by Crippen LogP contribution is -2.39. The molecule has 1 atom stereocenters. The van der Waals surface area contributed by atoms with Crippen LogP contribution < -0.4 is 5.30 Å². The highest BCUT2D eigenvalue weighted by atomic mass is 31.1. The van der Waals surface area contributed by atoms with Gasteiger partial charge in [-0.05, 0) is 0 Å². The topological polar surface area (TPSA) is 0 Å². The van der Waals surface area contributed by atoms with Crippen LogP contribution in [0.25, 0.3) is 0 Å². The zero-order valence-corrected chi connectivity index (χ0v) is 10.2. The molecule has 0 N–H and O–H groups in total. The van der Waals surface area contributed by atoms with Gasteiger partial charge < -0.3 is 0 Å². The third kappa shape index (κ3) is 2.79. The maximum absolute atomic E-state index is 13.2. The standard InChI is InChI=1S/C9H2F11P/c10-1-21(9(19,20)8(16,17)18)7-5(14)3(12)2(11)4(13)6(7)15/h1H2. The molecular formula is C9H2F11P. The van der Waals surface area contributed by atoms with Crippen molar-refractivity contribution in [3.8, 4) is 0 Å². The van der Waals surface area contributed by atoms with Crippen LogP contribution in [0.4, 0.5) is 48.3 Å². The van der Waals surface area contributed by atoms with Gasteiger partial charge in [0, 0.05) is 7.92 Å². The molecule has 12 heteroatoms. The minimum absolute atomic E-state index is 2.49. The molecule has 120 valence electrons. The molecule has 1 unspecified atom stereocenters. The molecule has 0 heterocycles. The maximum atomic E-state index is 13.2. The van der Waals surface area contributed by atoms with Crippen LogP contribution in [0.15, 0.2) is 0 Å². The summed E-state index contributed by atoms with van der Waals surface area (Å²) < 4.78 is 139. The van der Waals surface area contributed by atoms with Crippen LogP contribution in [0.1, 0.15) is 0 Å². The molecule has 0 aliphatic rings. The Morgan fingerprint density at radius 3 is 1.29 bits per heavy atom. The predicted octanol–water partition coefficient (Wildman–Crippen LogP) is 4.57. The molecule has 0 saturated carbocycles. The van der Waals surface area contributed by atoms with Crippen molar-refractivity contribution in [1.82, 2.24) is 0 Å². The van der Waals surface area contributed by atoms with Crippen molar-refractivity contribution in [2.24, 2.45) is 0 Å². The SMILES string of the molecule is FCP(c1c(F)c(F)c(F)c(F)c1F)C(F)(F)C(F)(F)F. The Morgan fingerprint density at radius 1 is 0.667 bits per heavy atom. The molecule has 1 aromatic rings. The first-order valence-corrected chi connectivity index (χ1v) is 6.20. The van der Waals surface area contributed by atoms with E-state index in [4.69, 9.17) is 0 Å². The Morgan fingerprint density at radius 2 is 1.00 bits per heavy atom. The molecule has 0 fully saturated rings. The highest BCUT2D eigenvalue weighted by molar-refractivity contribution is 7.66. The van der Waals surface area contributed by atoms with Gasteiger partial charge in [-0.1, -0.05) is 0 Å². The Balaban J connectivity index is 3.65. The Bertz CT molecular complexity index is 521. The summed E-state index contributed by atoms with van der Waals surface area (Å²) in [7, 11) is -4.69. The van der Waals surface area contributed by atoms with Crippen LogP contribution in [0.2, 0.25) is 0 Å². The van der Waals surface area contributed by atoms with Gasteiger partial charge in [0.25, 0.3) is 0 Å². The van der Waals surface area contributed by atoms with Crippen LogP contribution in [-0.2, 0) is 0 Å². The van der Waals surface area contributed by atoms with Gasteiger partial charge in [-0.3, -0.25) is 0 Å². The van der Waals surface area contributed by atoms with Crippen LogP contribution >= 0.6 is 7.92 Å². The fraction of sp³-hybridized carbons (Fsp3) is 0.333. The first-order chi connectivity index (χ1) is 9.37. The highest BCUT2D eigenvalue weighted by Gasteiger charge is 2.64. The summed E-state index contributed by atoms with van der Waals surface area (Å²) in [6.07, 6.45) is -9.06. The molecule has 0 aliphatic heterocycles. The lowest BCUT2D eigenvalue weighted by atomic mass is 10.3. The third-order valence-electron chi connectivity index (χ3n) is 2.26. The first-order valence-electron chi connectivity index (χ1n) is 4.67. The van der Waals surface area contributed by atoms with Gasteiger partial charge in [0.15, 0.2) is 23.3 Å². The van der Waals surface area contributed by atoms with Gasteiger partial charge in [0.1, 0.15) is 6.42 Å². The molecule has 0 aromatic heterocycles. The van der Waals surface area contributed by atoms with E-state index < -0.39 is 60.6 Å². The second kappa shape index (κ2) is 5.58. The number of rotatable bonds is 3. The maximum Gasteiger partial charge on any atom is 0.457 e. The number of hydrogen-bond donors (Lipinski definition) is 0. The van der Waals surface area contributed by atoms with E-state index in [1.807, 2.05) is 0 Å². The summed E-state index contributed by atoms with van der Waals surface area (Å²) in [6.45, 7) is 0. The van der Waals surface area contributed by atoms with Crippen LogP contribution in [0, 0.1) is 29.1 Å². The van der Waals surface area contributed by atoms with Crippen molar-refractivity contribution in [3.63, 3.8) is 0 Å². The fourth-order valence-electron chi connectivity index (χ4n) is 1.26. The van der Waals surface area contributed by atoms with Gasteiger partial charge in [-0.2, -0.15) is 22.0 Å². The summed E-state index contributed by atoms with van der Waals surface area (Å²) in [6, 6.07) is 0. The Hall–Kier alpha value is -1.12. The Kier molecular flexibility index (Phi) is 4.77. The van der Waals surface area contributed by atoms with Crippen molar-refractivity contribution >= 4 is 13.2 Å². The van der Waals surface area contributed by atoms with Crippen molar-refractivity contribution in [2.75, 3.05) is 6.42 Å². The lowest BCUT2D eigenvalue weighted by molar-refractivity contribution is -0.240. The van der Waals surface area contributed by atoms with Gasteiger partial charge >= 0.3 is 11.8 Å². The summed E-state index contributed by atoms with van der Waals surface area (Å²) >= 11 is 0. The van der Waals surface area contributed by atoms with Crippen molar-refractivity contribution in [3.05, 3.63) is 29.1 Å². The molecule has 21 heavy (non-hydrogen) atoms. The van der Waals surface area contributed by atoms with Crippen LogP contribution in [0.5, 0.6) is 0 Å². The van der Waals surface area contributed by atoms with E-state index in [1.165, 1.54) is 0 Å². The van der Waals surface area contributed by atoms with Gasteiger partial charge in [-0.15, -0.1) is 0 Å². The quantitative estimate of drug-likeness (QED) is 0.324. The van der Waals surface area contributed by atoms with Gasteiger partial charge in [-0.25, -0.2) is 26.3 Å². The van der Waals surface area contributed by atoms with Gasteiger partial charge in [0.05, 0.1) is 5.30 Å². The zero-order valence-electron chi connectivity index (χ0n) is 9.31. The average Bonchev–Trinajstić information content (AvgIpc) is 2.37. The molecule has 0 nitrogen and oxygen atoms in total. The molecule has 0 aliphatic carbocycles. The highest BCUT2D eigenvalue weighted by Crippen LogP contribution is 2.59. The minimum Gasteiger partial charge on any atom is -0.246 e. The molecule has 1 aromatic carbocycles. The molecule has 0 bridgehead atoms. The van der Waals surface area contributed by atoms with Crippen molar-refractivity contribution < 1.29 is 48.3 Å². The monoisotopic (exact) mass is 350 g/mol. The third-order valence-corrected chi connectivity index (χ3v) is 4.36. The summed E-state index contributed by atoms with van der Waals surface area (Å²) in [5.41, 5.74) is -5.98. The van der Waals surface area contributed by atoms with Crippen LogP contribution in [-0.4, -0.2) is 18.3 Å². The summed E-state index contributed by atoms with van der Waals surface area (Å²) in [4.78, 5) is 0. The lowest BCUT2D eigenvalue weighted by Gasteiger charge is -2.27. The van der Waals surface area contributed by atoms with E-state index in [0.717, 1.165) is 0 Å². The van der Waals surface area contributed by atoms with Crippen molar-refractivity contribution in [1.29, 1.82) is 0 Å². The normalized spacial score (nSPS) is 14.4. The van der Waals surface area contributed by atoms with Crippen LogP contribution in [0.3, 0.4) is 0 Å². The largest absolute Gasteiger partial charge is 0.457 e. The predicted molar refractivity (Wildman–Crippen MR) is 49.8 cm³/mol.